The standard InChI is InChI=1S/C14H20N2OS2/c1-11(2)16-13(18)14(7-3-4-9-19(14)17)12-6-5-8-15-10-12/h5-6,8,10-11H,3-4,7,9H2,1-2H3,(H,16,18)/t14-,19?/m1/s1. The van der Waals surface area contributed by atoms with Gasteiger partial charge in [0.25, 0.3) is 0 Å². The Morgan fingerprint density at radius 1 is 1.53 bits per heavy atom. The Morgan fingerprint density at radius 2 is 2.32 bits per heavy atom. The van der Waals surface area contributed by atoms with Gasteiger partial charge in [0.2, 0.25) is 0 Å². The molecule has 1 saturated heterocycles. The molecule has 5 heteroatoms. The first-order valence-electron chi connectivity index (χ1n) is 6.67. The molecule has 2 rings (SSSR count). The normalized spacial score (nSPS) is 27.2. The van der Waals surface area contributed by atoms with E-state index >= 15 is 0 Å². The second-order valence-corrected chi connectivity index (χ2v) is 7.41. The van der Waals surface area contributed by atoms with E-state index in [0.717, 1.165) is 30.6 Å². The first kappa shape index (κ1) is 14.6. The van der Waals surface area contributed by atoms with Crippen LogP contribution in [0.2, 0.25) is 0 Å². The van der Waals surface area contributed by atoms with Crippen LogP contribution in [0, 0.1) is 0 Å². The van der Waals surface area contributed by atoms with Crippen LogP contribution < -0.4 is 5.32 Å². The average molecular weight is 296 g/mol. The van der Waals surface area contributed by atoms with Gasteiger partial charge in [0.15, 0.2) is 0 Å². The maximum absolute atomic E-state index is 12.7. The number of hydrogen-bond donors (Lipinski definition) is 1. The quantitative estimate of drug-likeness (QED) is 0.870. The van der Waals surface area contributed by atoms with Crippen LogP contribution in [0.4, 0.5) is 0 Å². The summed E-state index contributed by atoms with van der Waals surface area (Å²) >= 11 is 5.59. The predicted molar refractivity (Wildman–Crippen MR) is 83.6 cm³/mol. The number of nitrogens with zero attached hydrogens (tertiary/aromatic N) is 1. The lowest BCUT2D eigenvalue weighted by Crippen LogP contribution is -2.50. The predicted octanol–water partition coefficient (Wildman–Crippen LogP) is 2.53. The summed E-state index contributed by atoms with van der Waals surface area (Å²) in [6.45, 7) is 4.10. The van der Waals surface area contributed by atoms with Crippen molar-refractivity contribution in [3.05, 3.63) is 30.1 Å². The Morgan fingerprint density at radius 3 is 2.89 bits per heavy atom. The molecular formula is C14H20N2OS2. The highest BCUT2D eigenvalue weighted by atomic mass is 32.2. The molecule has 1 N–H and O–H groups in total. The van der Waals surface area contributed by atoms with Gasteiger partial charge in [0, 0.05) is 35.0 Å². The van der Waals surface area contributed by atoms with Gasteiger partial charge in [0.05, 0.1) is 4.99 Å². The highest BCUT2D eigenvalue weighted by molar-refractivity contribution is 7.90. The third-order valence-electron chi connectivity index (χ3n) is 3.41. The van der Waals surface area contributed by atoms with Crippen LogP contribution in [-0.2, 0) is 15.5 Å². The van der Waals surface area contributed by atoms with E-state index in [0.29, 0.717) is 4.99 Å². The fourth-order valence-corrected chi connectivity index (χ4v) is 5.07. The molecule has 1 aromatic heterocycles. The van der Waals surface area contributed by atoms with Crippen LogP contribution in [0.3, 0.4) is 0 Å². The number of hydrogen-bond acceptors (Lipinski definition) is 3. The van der Waals surface area contributed by atoms with Crippen molar-refractivity contribution in [2.75, 3.05) is 5.75 Å². The van der Waals surface area contributed by atoms with Gasteiger partial charge in [-0.3, -0.25) is 9.19 Å². The molecule has 1 fully saturated rings. The van der Waals surface area contributed by atoms with E-state index in [1.165, 1.54) is 0 Å². The second kappa shape index (κ2) is 6.09. The molecule has 0 aliphatic carbocycles. The number of thiocarbonyl (C=S) groups is 1. The lowest BCUT2D eigenvalue weighted by atomic mass is 9.92. The Labute approximate surface area is 122 Å². The fourth-order valence-electron chi connectivity index (χ4n) is 2.50. The summed E-state index contributed by atoms with van der Waals surface area (Å²) in [6.07, 6.45) is 6.45. The number of rotatable bonds is 3. The molecule has 0 radical (unpaired) electrons. The van der Waals surface area contributed by atoms with Crippen molar-refractivity contribution in [2.24, 2.45) is 0 Å². The van der Waals surface area contributed by atoms with Crippen molar-refractivity contribution in [1.29, 1.82) is 0 Å². The highest BCUT2D eigenvalue weighted by Gasteiger charge is 2.44. The molecule has 0 amide bonds. The molecule has 0 spiro atoms. The SMILES string of the molecule is CC(C)NC(=S)[C@]1(c2cccnc2)CCCCS1=O. The summed E-state index contributed by atoms with van der Waals surface area (Å²) in [5.41, 5.74) is 0.978. The maximum Gasteiger partial charge on any atom is 0.122 e. The second-order valence-electron chi connectivity index (χ2n) is 5.20. The molecule has 0 aromatic carbocycles. The monoisotopic (exact) mass is 296 g/mol. The first-order chi connectivity index (χ1) is 9.07. The topological polar surface area (TPSA) is 42.0 Å². The molecule has 1 aliphatic heterocycles. The molecule has 0 saturated carbocycles. The van der Waals surface area contributed by atoms with E-state index in [1.807, 2.05) is 12.1 Å². The Bertz CT molecular complexity index is 476. The van der Waals surface area contributed by atoms with E-state index in [-0.39, 0.29) is 6.04 Å². The maximum atomic E-state index is 12.7. The summed E-state index contributed by atoms with van der Waals surface area (Å²) in [5, 5.41) is 3.29. The lowest BCUT2D eigenvalue weighted by Gasteiger charge is -2.38. The van der Waals surface area contributed by atoms with Crippen LogP contribution >= 0.6 is 12.2 Å². The zero-order valence-electron chi connectivity index (χ0n) is 11.4. The minimum atomic E-state index is -0.978. The van der Waals surface area contributed by atoms with Crippen LogP contribution in [0.15, 0.2) is 24.5 Å². The average Bonchev–Trinajstić information content (AvgIpc) is 2.39. The zero-order chi connectivity index (χ0) is 13.9. The van der Waals surface area contributed by atoms with Gasteiger partial charge in [0.1, 0.15) is 4.75 Å². The van der Waals surface area contributed by atoms with Crippen LogP contribution in [0.5, 0.6) is 0 Å². The smallest absolute Gasteiger partial charge is 0.122 e. The molecule has 2 heterocycles. The Kier molecular flexibility index (Phi) is 4.68. The summed E-state index contributed by atoms with van der Waals surface area (Å²) < 4.78 is 12.1. The molecule has 3 nitrogen and oxygen atoms in total. The third kappa shape index (κ3) is 2.87. The van der Waals surface area contributed by atoms with Gasteiger partial charge in [-0.25, -0.2) is 0 Å². The highest BCUT2D eigenvalue weighted by Crippen LogP contribution is 2.38. The summed E-state index contributed by atoms with van der Waals surface area (Å²) in [6, 6.07) is 4.13. The van der Waals surface area contributed by atoms with E-state index < -0.39 is 15.5 Å². The van der Waals surface area contributed by atoms with Crippen molar-refractivity contribution in [1.82, 2.24) is 10.3 Å². The molecular weight excluding hydrogens is 276 g/mol. The van der Waals surface area contributed by atoms with Gasteiger partial charge < -0.3 is 5.32 Å². The van der Waals surface area contributed by atoms with Gasteiger partial charge in [-0.2, -0.15) is 0 Å². The number of aromatic nitrogens is 1. The number of nitrogens with one attached hydrogen (secondary N) is 1. The molecule has 104 valence electrons. The summed E-state index contributed by atoms with van der Waals surface area (Å²) in [5.74, 6) is 0.717. The third-order valence-corrected chi connectivity index (χ3v) is 6.09. The van der Waals surface area contributed by atoms with E-state index in [1.54, 1.807) is 12.4 Å². The van der Waals surface area contributed by atoms with E-state index in [4.69, 9.17) is 12.2 Å². The van der Waals surface area contributed by atoms with Gasteiger partial charge in [-0.1, -0.05) is 24.7 Å². The Hall–Kier alpha value is -0.810. The first-order valence-corrected chi connectivity index (χ1v) is 8.40. The molecule has 0 bridgehead atoms. The van der Waals surface area contributed by atoms with Crippen molar-refractivity contribution >= 4 is 28.0 Å². The van der Waals surface area contributed by atoms with Crippen molar-refractivity contribution in [3.63, 3.8) is 0 Å². The fraction of sp³-hybridized carbons (Fsp3) is 0.571. The summed E-state index contributed by atoms with van der Waals surface area (Å²) in [4.78, 5) is 4.88. The van der Waals surface area contributed by atoms with Crippen molar-refractivity contribution in [2.45, 2.75) is 43.9 Å². The van der Waals surface area contributed by atoms with Gasteiger partial charge in [-0.05, 0) is 38.3 Å². The largest absolute Gasteiger partial charge is 0.376 e. The zero-order valence-corrected chi connectivity index (χ0v) is 13.0. The lowest BCUT2D eigenvalue weighted by molar-refractivity contribution is 0.564. The molecule has 1 aliphatic rings. The minimum absolute atomic E-state index is 0.250. The van der Waals surface area contributed by atoms with Gasteiger partial charge in [-0.15, -0.1) is 0 Å². The Balaban J connectivity index is 2.44. The molecule has 1 aromatic rings. The van der Waals surface area contributed by atoms with Crippen LogP contribution in [0.1, 0.15) is 38.7 Å². The van der Waals surface area contributed by atoms with Gasteiger partial charge >= 0.3 is 0 Å². The molecule has 1 unspecified atom stereocenters. The van der Waals surface area contributed by atoms with E-state index in [9.17, 15) is 4.21 Å². The van der Waals surface area contributed by atoms with Crippen molar-refractivity contribution in [3.8, 4) is 0 Å². The molecule has 19 heavy (non-hydrogen) atoms. The molecule has 2 atom stereocenters. The number of pyridine rings is 1. The minimum Gasteiger partial charge on any atom is -0.376 e. The van der Waals surface area contributed by atoms with Crippen LogP contribution in [0.25, 0.3) is 0 Å². The van der Waals surface area contributed by atoms with Crippen LogP contribution in [-0.4, -0.2) is 26.0 Å². The van der Waals surface area contributed by atoms with Crippen molar-refractivity contribution < 1.29 is 4.21 Å². The van der Waals surface area contributed by atoms with E-state index in [2.05, 4.69) is 24.1 Å². The summed E-state index contributed by atoms with van der Waals surface area (Å²) in [7, 11) is -0.978.